The first kappa shape index (κ1) is 12.2. The smallest absolute Gasteiger partial charge is 0.124 e. The zero-order valence-electron chi connectivity index (χ0n) is 9.72. The van der Waals surface area contributed by atoms with E-state index in [0.717, 1.165) is 6.54 Å². The van der Waals surface area contributed by atoms with Gasteiger partial charge in [-0.15, -0.1) is 12.6 Å². The Labute approximate surface area is 108 Å². The molecular weight excluding hydrogens is 234 g/mol. The molecule has 0 N–H and O–H groups in total. The Morgan fingerprint density at radius 2 is 2.06 bits per heavy atom. The summed E-state index contributed by atoms with van der Waals surface area (Å²) >= 11 is 6.50. The molecule has 0 radical (unpaired) electrons. The average Bonchev–Trinajstić information content (AvgIpc) is 2.61. The lowest BCUT2D eigenvalue weighted by Gasteiger charge is -2.22. The number of unbranched alkanes of at least 4 members (excludes halogenated alkanes) is 3. The number of anilines is 1. The first-order valence-electron chi connectivity index (χ1n) is 6.03. The summed E-state index contributed by atoms with van der Waals surface area (Å²) in [6.07, 6.45) is 5.26. The maximum absolute atomic E-state index is 4.65. The van der Waals surface area contributed by atoms with Crippen molar-refractivity contribution in [3.8, 4) is 0 Å². The predicted octanol–water partition coefficient (Wildman–Crippen LogP) is 4.39. The highest BCUT2D eigenvalue weighted by molar-refractivity contribution is 8.10. The predicted molar refractivity (Wildman–Crippen MR) is 76.6 cm³/mol. The number of thioether (sulfide) groups is 1. The second-order valence-electron chi connectivity index (χ2n) is 4.17. The lowest BCUT2D eigenvalue weighted by molar-refractivity contribution is 0.656. The zero-order valence-corrected chi connectivity index (χ0v) is 11.4. The van der Waals surface area contributed by atoms with Crippen molar-refractivity contribution in [3.63, 3.8) is 0 Å². The van der Waals surface area contributed by atoms with Gasteiger partial charge in [0.2, 0.25) is 0 Å². The van der Waals surface area contributed by atoms with E-state index < -0.39 is 0 Å². The SMILES string of the molecule is CCCCCCN1c2ccccc2S[C@@H]1S. The number of hydrogen-bond donors (Lipinski definition) is 1. The first-order chi connectivity index (χ1) is 7.83. The third-order valence-electron chi connectivity index (χ3n) is 2.93. The third kappa shape index (κ3) is 2.69. The monoisotopic (exact) mass is 253 g/mol. The number of nitrogens with zero attached hydrogens (tertiary/aromatic N) is 1. The number of fused-ring (bicyclic) bond motifs is 1. The van der Waals surface area contributed by atoms with Gasteiger partial charge >= 0.3 is 0 Å². The Balaban J connectivity index is 1.94. The Morgan fingerprint density at radius 3 is 2.88 bits per heavy atom. The van der Waals surface area contributed by atoms with Gasteiger partial charge in [-0.1, -0.05) is 50.1 Å². The molecule has 0 fully saturated rings. The standard InChI is InChI=1S/C13H19NS2/c1-2-3-4-7-10-14-11-8-5-6-9-12(11)16-13(14)15/h5-6,8-9,13,15H,2-4,7,10H2,1H3/t13-/m0/s1. The summed E-state index contributed by atoms with van der Waals surface area (Å²) < 4.78 is 0.305. The number of para-hydroxylation sites is 1. The van der Waals surface area contributed by atoms with E-state index in [4.69, 9.17) is 0 Å². The van der Waals surface area contributed by atoms with E-state index in [2.05, 4.69) is 48.7 Å². The second-order valence-corrected chi connectivity index (χ2v) is 6.13. The van der Waals surface area contributed by atoms with Gasteiger partial charge in [0.15, 0.2) is 0 Å². The van der Waals surface area contributed by atoms with Crippen LogP contribution in [-0.2, 0) is 0 Å². The van der Waals surface area contributed by atoms with Crippen molar-refractivity contribution in [1.29, 1.82) is 0 Å². The van der Waals surface area contributed by atoms with Gasteiger partial charge in [-0.3, -0.25) is 0 Å². The molecule has 2 rings (SSSR count). The molecule has 1 aromatic carbocycles. The van der Waals surface area contributed by atoms with E-state index in [0.29, 0.717) is 4.71 Å². The van der Waals surface area contributed by atoms with Crippen molar-refractivity contribution in [3.05, 3.63) is 24.3 Å². The molecule has 1 aliphatic rings. The van der Waals surface area contributed by atoms with E-state index >= 15 is 0 Å². The molecule has 1 aliphatic heterocycles. The molecule has 1 aromatic rings. The van der Waals surface area contributed by atoms with Crippen LogP contribution in [0.2, 0.25) is 0 Å². The van der Waals surface area contributed by atoms with E-state index in [9.17, 15) is 0 Å². The van der Waals surface area contributed by atoms with Crippen molar-refractivity contribution < 1.29 is 0 Å². The minimum atomic E-state index is 0.305. The summed E-state index contributed by atoms with van der Waals surface area (Å²) in [6.45, 7) is 3.39. The molecule has 1 atom stereocenters. The summed E-state index contributed by atoms with van der Waals surface area (Å²) in [4.78, 5) is 3.79. The average molecular weight is 253 g/mol. The molecule has 0 aromatic heterocycles. The highest BCUT2D eigenvalue weighted by Gasteiger charge is 2.26. The molecule has 1 nitrogen and oxygen atoms in total. The largest absolute Gasteiger partial charge is 0.350 e. The molecule has 1 heterocycles. The molecule has 0 amide bonds. The highest BCUT2D eigenvalue weighted by Crippen LogP contribution is 2.44. The van der Waals surface area contributed by atoms with Crippen LogP contribution in [-0.4, -0.2) is 11.3 Å². The van der Waals surface area contributed by atoms with E-state index in [1.54, 1.807) is 0 Å². The van der Waals surface area contributed by atoms with Crippen LogP contribution in [0.3, 0.4) is 0 Å². The molecule has 0 saturated carbocycles. The van der Waals surface area contributed by atoms with Crippen molar-refractivity contribution in [2.75, 3.05) is 11.4 Å². The van der Waals surface area contributed by atoms with Crippen LogP contribution in [0.25, 0.3) is 0 Å². The molecule has 0 bridgehead atoms. The van der Waals surface area contributed by atoms with Crippen molar-refractivity contribution in [2.45, 2.75) is 42.2 Å². The Hall–Kier alpha value is -0.280. The summed E-state index contributed by atoms with van der Waals surface area (Å²) in [5, 5.41) is 0. The summed E-state index contributed by atoms with van der Waals surface area (Å²) in [5.74, 6) is 0. The molecule has 88 valence electrons. The van der Waals surface area contributed by atoms with Gasteiger partial charge in [0.05, 0.1) is 5.69 Å². The minimum Gasteiger partial charge on any atom is -0.350 e. The second kappa shape index (κ2) is 5.87. The number of rotatable bonds is 5. The topological polar surface area (TPSA) is 3.24 Å². The van der Waals surface area contributed by atoms with Crippen LogP contribution in [0.4, 0.5) is 5.69 Å². The Kier molecular flexibility index (Phi) is 4.47. The minimum absolute atomic E-state index is 0.305. The molecule has 0 saturated heterocycles. The van der Waals surface area contributed by atoms with Crippen LogP contribution in [0.5, 0.6) is 0 Å². The van der Waals surface area contributed by atoms with E-state index in [1.807, 2.05) is 11.8 Å². The maximum atomic E-state index is 4.65. The van der Waals surface area contributed by atoms with Gasteiger partial charge in [-0.2, -0.15) is 0 Å². The van der Waals surface area contributed by atoms with Crippen molar-refractivity contribution in [2.24, 2.45) is 0 Å². The van der Waals surface area contributed by atoms with Crippen LogP contribution >= 0.6 is 24.4 Å². The number of benzene rings is 1. The van der Waals surface area contributed by atoms with Gasteiger partial charge in [0.25, 0.3) is 0 Å². The van der Waals surface area contributed by atoms with Crippen LogP contribution in [0.15, 0.2) is 29.2 Å². The third-order valence-corrected chi connectivity index (χ3v) is 4.59. The van der Waals surface area contributed by atoms with E-state index in [-0.39, 0.29) is 0 Å². The Morgan fingerprint density at radius 1 is 1.25 bits per heavy atom. The summed E-state index contributed by atoms with van der Waals surface area (Å²) in [7, 11) is 0. The fourth-order valence-electron chi connectivity index (χ4n) is 2.03. The van der Waals surface area contributed by atoms with Gasteiger partial charge in [0, 0.05) is 11.4 Å². The number of hydrogen-bond acceptors (Lipinski definition) is 3. The normalized spacial score (nSPS) is 18.9. The van der Waals surface area contributed by atoms with E-state index in [1.165, 1.54) is 36.3 Å². The lowest BCUT2D eigenvalue weighted by Crippen LogP contribution is -2.26. The molecule has 0 spiro atoms. The Bertz CT molecular complexity index is 340. The number of thiol groups is 1. The van der Waals surface area contributed by atoms with Crippen molar-refractivity contribution in [1.82, 2.24) is 0 Å². The van der Waals surface area contributed by atoms with Crippen LogP contribution in [0, 0.1) is 0 Å². The van der Waals surface area contributed by atoms with Gasteiger partial charge in [-0.05, 0) is 18.6 Å². The fraction of sp³-hybridized carbons (Fsp3) is 0.538. The first-order valence-corrected chi connectivity index (χ1v) is 7.43. The summed E-state index contributed by atoms with van der Waals surface area (Å²) in [5.41, 5.74) is 1.36. The van der Waals surface area contributed by atoms with Crippen molar-refractivity contribution >= 4 is 30.1 Å². The van der Waals surface area contributed by atoms with Gasteiger partial charge < -0.3 is 4.90 Å². The van der Waals surface area contributed by atoms with Crippen LogP contribution in [0.1, 0.15) is 32.6 Å². The fourth-order valence-corrected chi connectivity index (χ4v) is 3.65. The maximum Gasteiger partial charge on any atom is 0.124 e. The van der Waals surface area contributed by atoms with Gasteiger partial charge in [-0.25, -0.2) is 0 Å². The lowest BCUT2D eigenvalue weighted by atomic mass is 10.2. The van der Waals surface area contributed by atoms with Gasteiger partial charge in [0.1, 0.15) is 4.71 Å². The van der Waals surface area contributed by atoms with Crippen LogP contribution < -0.4 is 4.90 Å². The zero-order chi connectivity index (χ0) is 11.4. The highest BCUT2D eigenvalue weighted by atomic mass is 32.2. The quantitative estimate of drug-likeness (QED) is 0.612. The molecule has 0 unspecified atom stereocenters. The molecule has 0 aliphatic carbocycles. The molecular formula is C13H19NS2. The molecule has 3 heteroatoms. The molecule has 16 heavy (non-hydrogen) atoms. The summed E-state index contributed by atoms with van der Waals surface area (Å²) in [6, 6.07) is 8.62.